The van der Waals surface area contributed by atoms with Crippen LogP contribution >= 0.6 is 0 Å². The maximum absolute atomic E-state index is 11.8. The van der Waals surface area contributed by atoms with Crippen LogP contribution in [0.3, 0.4) is 0 Å². The van der Waals surface area contributed by atoms with Crippen molar-refractivity contribution < 1.29 is 9.90 Å². The standard InChI is InChI=1S/C21H18N2O2/c1-23-19(24)17-7-5-6-16(14-17)10-11-21(25,20(15-22)12-13-20)18-8-3-2-4-9-18/h2-9,14,25H,12-13H2,1H3,(H,23,24)/t21-/m0/s1. The van der Waals surface area contributed by atoms with Gasteiger partial charge in [-0.05, 0) is 36.6 Å². The third-order valence-corrected chi connectivity index (χ3v) is 4.59. The number of aliphatic hydroxyl groups is 1. The number of carbonyl (C=O) groups is 1. The maximum Gasteiger partial charge on any atom is 0.251 e. The topological polar surface area (TPSA) is 73.1 Å². The van der Waals surface area contributed by atoms with E-state index in [1.54, 1.807) is 43.4 Å². The third kappa shape index (κ3) is 3.01. The van der Waals surface area contributed by atoms with Crippen molar-refractivity contribution in [2.75, 3.05) is 7.05 Å². The Balaban J connectivity index is 2.03. The van der Waals surface area contributed by atoms with Gasteiger partial charge in [0.15, 0.2) is 5.60 Å². The number of nitrogens with one attached hydrogen (secondary N) is 1. The normalized spacial score (nSPS) is 16.5. The van der Waals surface area contributed by atoms with Gasteiger partial charge < -0.3 is 10.4 Å². The first-order valence-electron chi connectivity index (χ1n) is 8.09. The molecule has 0 aromatic heterocycles. The molecule has 0 radical (unpaired) electrons. The van der Waals surface area contributed by atoms with Gasteiger partial charge in [-0.3, -0.25) is 4.79 Å². The SMILES string of the molecule is CNC(=O)c1cccc(C#C[C@](O)(c2ccccc2)C2(C#N)CC2)c1. The second-order valence-corrected chi connectivity index (χ2v) is 6.18. The Morgan fingerprint density at radius 3 is 2.52 bits per heavy atom. The number of carbonyl (C=O) groups excluding carboxylic acids is 1. The van der Waals surface area contributed by atoms with Crippen LogP contribution in [0.25, 0.3) is 0 Å². The summed E-state index contributed by atoms with van der Waals surface area (Å²) in [7, 11) is 1.57. The molecule has 1 aliphatic rings. The van der Waals surface area contributed by atoms with Gasteiger partial charge in [0.25, 0.3) is 5.91 Å². The molecule has 0 unspecified atom stereocenters. The van der Waals surface area contributed by atoms with Gasteiger partial charge in [-0.25, -0.2) is 0 Å². The second kappa shape index (κ2) is 6.43. The monoisotopic (exact) mass is 330 g/mol. The first-order valence-corrected chi connectivity index (χ1v) is 8.09. The highest BCUT2D eigenvalue weighted by Gasteiger charge is 2.60. The number of nitriles is 1. The molecule has 3 rings (SSSR count). The fourth-order valence-corrected chi connectivity index (χ4v) is 2.87. The Kier molecular flexibility index (Phi) is 4.31. The summed E-state index contributed by atoms with van der Waals surface area (Å²) in [5.74, 6) is 5.67. The first-order chi connectivity index (χ1) is 12.0. The van der Waals surface area contributed by atoms with Gasteiger partial charge in [0.2, 0.25) is 0 Å². The average molecular weight is 330 g/mol. The van der Waals surface area contributed by atoms with Crippen molar-refractivity contribution in [2.45, 2.75) is 18.4 Å². The van der Waals surface area contributed by atoms with Crippen LogP contribution in [0.1, 0.15) is 34.3 Å². The van der Waals surface area contributed by atoms with E-state index in [0.717, 1.165) is 0 Å². The van der Waals surface area contributed by atoms with E-state index in [1.165, 1.54) is 0 Å². The largest absolute Gasteiger partial charge is 0.372 e. The average Bonchev–Trinajstić information content (AvgIpc) is 3.48. The molecule has 4 nitrogen and oxygen atoms in total. The number of amides is 1. The zero-order chi connectivity index (χ0) is 17.9. The molecule has 1 amide bonds. The minimum Gasteiger partial charge on any atom is -0.372 e. The smallest absolute Gasteiger partial charge is 0.251 e. The number of benzene rings is 2. The minimum atomic E-state index is -1.54. The second-order valence-electron chi connectivity index (χ2n) is 6.18. The van der Waals surface area contributed by atoms with E-state index in [4.69, 9.17) is 0 Å². The minimum absolute atomic E-state index is 0.197. The molecule has 0 aliphatic heterocycles. The van der Waals surface area contributed by atoms with Gasteiger partial charge in [-0.2, -0.15) is 5.26 Å². The maximum atomic E-state index is 11.8. The van der Waals surface area contributed by atoms with Gasteiger partial charge in [-0.15, -0.1) is 0 Å². The lowest BCUT2D eigenvalue weighted by Crippen LogP contribution is -2.34. The number of rotatable bonds is 3. The van der Waals surface area contributed by atoms with E-state index in [9.17, 15) is 15.2 Å². The van der Waals surface area contributed by atoms with E-state index in [-0.39, 0.29) is 5.91 Å². The summed E-state index contributed by atoms with van der Waals surface area (Å²) in [6.45, 7) is 0. The van der Waals surface area contributed by atoms with Crippen LogP contribution in [-0.2, 0) is 5.60 Å². The lowest BCUT2D eigenvalue weighted by atomic mass is 9.79. The zero-order valence-corrected chi connectivity index (χ0v) is 13.9. The van der Waals surface area contributed by atoms with Crippen molar-refractivity contribution in [3.63, 3.8) is 0 Å². The summed E-state index contributed by atoms with van der Waals surface area (Å²) in [6.07, 6.45) is 1.23. The molecule has 0 saturated heterocycles. The molecule has 2 N–H and O–H groups in total. The van der Waals surface area contributed by atoms with Crippen LogP contribution in [0.15, 0.2) is 54.6 Å². The van der Waals surface area contributed by atoms with E-state index < -0.39 is 11.0 Å². The molecular weight excluding hydrogens is 312 g/mol. The lowest BCUT2D eigenvalue weighted by molar-refractivity contribution is 0.0456. The van der Waals surface area contributed by atoms with Gasteiger partial charge in [0, 0.05) is 18.2 Å². The van der Waals surface area contributed by atoms with Crippen LogP contribution < -0.4 is 5.32 Å². The molecule has 124 valence electrons. The number of hydrogen-bond donors (Lipinski definition) is 2. The molecule has 25 heavy (non-hydrogen) atoms. The predicted molar refractivity (Wildman–Crippen MR) is 94.3 cm³/mol. The van der Waals surface area contributed by atoms with Crippen LogP contribution in [0.4, 0.5) is 0 Å². The zero-order valence-electron chi connectivity index (χ0n) is 13.9. The highest BCUT2D eigenvalue weighted by molar-refractivity contribution is 5.94. The van der Waals surface area contributed by atoms with Crippen LogP contribution in [0.2, 0.25) is 0 Å². The highest BCUT2D eigenvalue weighted by Crippen LogP contribution is 2.57. The van der Waals surface area contributed by atoms with E-state index >= 15 is 0 Å². The van der Waals surface area contributed by atoms with Gasteiger partial charge in [0.05, 0.1) is 6.07 Å². The molecule has 4 heteroatoms. The van der Waals surface area contributed by atoms with E-state index in [0.29, 0.717) is 29.5 Å². The lowest BCUT2D eigenvalue weighted by Gasteiger charge is -2.27. The van der Waals surface area contributed by atoms with Crippen molar-refractivity contribution in [2.24, 2.45) is 5.41 Å². The molecular formula is C21H18N2O2. The van der Waals surface area contributed by atoms with Crippen molar-refractivity contribution in [3.05, 3.63) is 71.3 Å². The summed E-state index contributed by atoms with van der Waals surface area (Å²) < 4.78 is 0. The highest BCUT2D eigenvalue weighted by atomic mass is 16.3. The number of hydrogen-bond acceptors (Lipinski definition) is 3. The molecule has 1 aliphatic carbocycles. The van der Waals surface area contributed by atoms with Crippen molar-refractivity contribution in [1.29, 1.82) is 5.26 Å². The summed E-state index contributed by atoms with van der Waals surface area (Å²) >= 11 is 0. The molecule has 0 spiro atoms. The van der Waals surface area contributed by atoms with Crippen molar-refractivity contribution >= 4 is 5.91 Å². The fraction of sp³-hybridized carbons (Fsp3) is 0.238. The molecule has 1 fully saturated rings. The van der Waals surface area contributed by atoms with Crippen LogP contribution in [-0.4, -0.2) is 18.1 Å². The predicted octanol–water partition coefficient (Wildman–Crippen LogP) is 2.59. The molecule has 2 aromatic rings. The van der Waals surface area contributed by atoms with Crippen molar-refractivity contribution in [3.8, 4) is 17.9 Å². The summed E-state index contributed by atoms with van der Waals surface area (Å²) in [5, 5.41) is 23.4. The third-order valence-electron chi connectivity index (χ3n) is 4.59. The summed E-state index contributed by atoms with van der Waals surface area (Å²) in [4.78, 5) is 11.8. The van der Waals surface area contributed by atoms with Gasteiger partial charge in [0.1, 0.15) is 5.41 Å². The van der Waals surface area contributed by atoms with Gasteiger partial charge >= 0.3 is 0 Å². The first kappa shape index (κ1) is 16.8. The quantitative estimate of drug-likeness (QED) is 0.850. The van der Waals surface area contributed by atoms with Gasteiger partial charge in [-0.1, -0.05) is 48.2 Å². The Morgan fingerprint density at radius 2 is 1.92 bits per heavy atom. The van der Waals surface area contributed by atoms with E-state index in [1.807, 2.05) is 18.2 Å². The summed E-state index contributed by atoms with van der Waals surface area (Å²) in [5.41, 5.74) is -0.682. The van der Waals surface area contributed by atoms with Crippen molar-refractivity contribution in [1.82, 2.24) is 5.32 Å². The fourth-order valence-electron chi connectivity index (χ4n) is 2.87. The summed E-state index contributed by atoms with van der Waals surface area (Å²) in [6, 6.07) is 18.2. The van der Waals surface area contributed by atoms with E-state index in [2.05, 4.69) is 23.2 Å². The Hall–Kier alpha value is -3.08. The van der Waals surface area contributed by atoms with Crippen LogP contribution in [0, 0.1) is 28.6 Å². The Labute approximate surface area is 147 Å². The molecule has 1 saturated carbocycles. The molecule has 0 bridgehead atoms. The molecule has 1 atom stereocenters. The van der Waals surface area contributed by atoms with Crippen LogP contribution in [0.5, 0.6) is 0 Å². The number of nitrogens with zero attached hydrogens (tertiary/aromatic N) is 1. The molecule has 2 aromatic carbocycles. The Bertz CT molecular complexity index is 899. The Morgan fingerprint density at radius 1 is 1.20 bits per heavy atom. The molecule has 0 heterocycles.